The first-order valence-corrected chi connectivity index (χ1v) is 9.14. The summed E-state index contributed by atoms with van der Waals surface area (Å²) in [6, 6.07) is 21.3. The average Bonchev–Trinajstić information content (AvgIpc) is 3.10. The van der Waals surface area contributed by atoms with Crippen molar-refractivity contribution in [1.29, 1.82) is 0 Å². The molecule has 28 heavy (non-hydrogen) atoms. The molecule has 3 aromatic carbocycles. The highest BCUT2D eigenvalue weighted by atomic mass is 16.5. The Bertz CT molecular complexity index is 1160. The van der Waals surface area contributed by atoms with E-state index in [1.54, 1.807) is 13.1 Å². The lowest BCUT2D eigenvalue weighted by molar-refractivity contribution is -0.152. The maximum atomic E-state index is 12.4. The first-order chi connectivity index (χ1) is 13.6. The lowest BCUT2D eigenvalue weighted by atomic mass is 10.1. The number of hydrogen-bond donors (Lipinski definition) is 2. The van der Waals surface area contributed by atoms with Crippen LogP contribution in [0.3, 0.4) is 0 Å². The Morgan fingerprint density at radius 3 is 2.61 bits per heavy atom. The van der Waals surface area contributed by atoms with Crippen molar-refractivity contribution in [3.63, 3.8) is 0 Å². The van der Waals surface area contributed by atoms with Crippen LogP contribution in [0.5, 0.6) is 0 Å². The molecule has 1 aromatic heterocycles. The summed E-state index contributed by atoms with van der Waals surface area (Å²) in [7, 11) is 0. The van der Waals surface area contributed by atoms with Crippen molar-refractivity contribution in [2.45, 2.75) is 19.4 Å². The fourth-order valence-corrected chi connectivity index (χ4v) is 3.24. The van der Waals surface area contributed by atoms with Gasteiger partial charge in [-0.15, -0.1) is 0 Å². The molecule has 1 heterocycles. The van der Waals surface area contributed by atoms with E-state index in [2.05, 4.69) is 10.3 Å². The third-order valence-corrected chi connectivity index (χ3v) is 4.70. The highest BCUT2D eigenvalue weighted by Crippen LogP contribution is 2.20. The van der Waals surface area contributed by atoms with Gasteiger partial charge in [0, 0.05) is 22.8 Å². The number of amides is 1. The summed E-state index contributed by atoms with van der Waals surface area (Å²) in [5.74, 6) is -0.798. The van der Waals surface area contributed by atoms with E-state index in [0.717, 1.165) is 27.2 Å². The number of benzene rings is 3. The van der Waals surface area contributed by atoms with Crippen molar-refractivity contribution in [3.05, 3.63) is 78.5 Å². The Morgan fingerprint density at radius 1 is 1.00 bits per heavy atom. The van der Waals surface area contributed by atoms with Gasteiger partial charge >= 0.3 is 5.97 Å². The van der Waals surface area contributed by atoms with E-state index in [9.17, 15) is 9.59 Å². The second kappa shape index (κ2) is 7.56. The standard InChI is InChI=1S/C23H20N2O3/c1-15(23(27)25-19-11-10-16-6-2-3-7-17(16)12-19)28-22(26)13-18-14-24-21-9-5-4-8-20(18)21/h2-12,14-15,24H,13H2,1H3,(H,25,27). The van der Waals surface area contributed by atoms with Gasteiger partial charge in [0.2, 0.25) is 0 Å². The lowest BCUT2D eigenvalue weighted by Gasteiger charge is -2.14. The lowest BCUT2D eigenvalue weighted by Crippen LogP contribution is -2.30. The van der Waals surface area contributed by atoms with Gasteiger partial charge in [0.1, 0.15) is 0 Å². The minimum Gasteiger partial charge on any atom is -0.452 e. The number of para-hydroxylation sites is 1. The third kappa shape index (κ3) is 3.74. The summed E-state index contributed by atoms with van der Waals surface area (Å²) in [6.45, 7) is 1.57. The number of rotatable bonds is 5. The van der Waals surface area contributed by atoms with Gasteiger partial charge in [-0.25, -0.2) is 0 Å². The number of carbonyl (C=O) groups is 2. The van der Waals surface area contributed by atoms with E-state index in [1.807, 2.05) is 66.7 Å². The van der Waals surface area contributed by atoms with Crippen molar-refractivity contribution in [1.82, 2.24) is 4.98 Å². The van der Waals surface area contributed by atoms with Crippen LogP contribution in [0.15, 0.2) is 72.9 Å². The van der Waals surface area contributed by atoms with Crippen LogP contribution in [-0.2, 0) is 20.7 Å². The van der Waals surface area contributed by atoms with Crippen molar-refractivity contribution in [2.24, 2.45) is 0 Å². The number of esters is 1. The zero-order valence-corrected chi connectivity index (χ0v) is 15.4. The number of fused-ring (bicyclic) bond motifs is 2. The Hall–Kier alpha value is -3.60. The number of anilines is 1. The largest absolute Gasteiger partial charge is 0.452 e. The van der Waals surface area contributed by atoms with Crippen LogP contribution < -0.4 is 5.32 Å². The summed E-state index contributed by atoms with van der Waals surface area (Å²) in [5.41, 5.74) is 2.48. The van der Waals surface area contributed by atoms with E-state index >= 15 is 0 Å². The summed E-state index contributed by atoms with van der Waals surface area (Å²) >= 11 is 0. The first-order valence-electron chi connectivity index (χ1n) is 9.14. The molecule has 1 amide bonds. The molecule has 0 fully saturated rings. The van der Waals surface area contributed by atoms with Gasteiger partial charge in [-0.3, -0.25) is 9.59 Å². The molecule has 0 saturated heterocycles. The monoisotopic (exact) mass is 372 g/mol. The molecule has 5 heteroatoms. The SMILES string of the molecule is CC(OC(=O)Cc1c[nH]c2ccccc12)C(=O)Nc1ccc2ccccc2c1. The quantitative estimate of drug-likeness (QED) is 0.509. The molecular weight excluding hydrogens is 352 g/mol. The molecule has 0 radical (unpaired) electrons. The van der Waals surface area contributed by atoms with Gasteiger partial charge in [0.05, 0.1) is 6.42 Å². The second-order valence-corrected chi connectivity index (χ2v) is 6.72. The molecule has 0 bridgehead atoms. The number of nitrogens with one attached hydrogen (secondary N) is 2. The number of aromatic nitrogens is 1. The number of ether oxygens (including phenoxy) is 1. The van der Waals surface area contributed by atoms with Gasteiger partial charge < -0.3 is 15.0 Å². The summed E-state index contributed by atoms with van der Waals surface area (Å²) in [4.78, 5) is 27.8. The molecule has 0 aliphatic rings. The van der Waals surface area contributed by atoms with Crippen molar-refractivity contribution >= 4 is 39.2 Å². The molecule has 1 unspecified atom stereocenters. The molecule has 5 nitrogen and oxygen atoms in total. The summed E-state index contributed by atoms with van der Waals surface area (Å²) in [5, 5.41) is 5.91. The van der Waals surface area contributed by atoms with E-state index in [0.29, 0.717) is 5.69 Å². The Labute approximate surface area is 162 Å². The van der Waals surface area contributed by atoms with E-state index in [1.165, 1.54) is 0 Å². The van der Waals surface area contributed by atoms with E-state index in [-0.39, 0.29) is 12.3 Å². The maximum Gasteiger partial charge on any atom is 0.311 e. The fourth-order valence-electron chi connectivity index (χ4n) is 3.24. The van der Waals surface area contributed by atoms with Gasteiger partial charge in [-0.2, -0.15) is 0 Å². The van der Waals surface area contributed by atoms with Crippen molar-refractivity contribution in [3.8, 4) is 0 Å². The third-order valence-electron chi connectivity index (χ3n) is 4.70. The number of H-pyrrole nitrogens is 1. The summed E-state index contributed by atoms with van der Waals surface area (Å²) in [6.07, 6.45) is 1.02. The van der Waals surface area contributed by atoms with E-state index in [4.69, 9.17) is 4.74 Å². The van der Waals surface area contributed by atoms with Crippen LogP contribution in [-0.4, -0.2) is 23.0 Å². The molecule has 0 aliphatic heterocycles. The van der Waals surface area contributed by atoms with Crippen LogP contribution in [0.4, 0.5) is 5.69 Å². The molecule has 140 valence electrons. The van der Waals surface area contributed by atoms with Crippen molar-refractivity contribution < 1.29 is 14.3 Å². The Morgan fingerprint density at radius 2 is 1.75 bits per heavy atom. The predicted octanol–water partition coefficient (Wildman–Crippen LogP) is 4.43. The highest BCUT2D eigenvalue weighted by molar-refractivity contribution is 5.97. The molecule has 0 saturated carbocycles. The maximum absolute atomic E-state index is 12.4. The van der Waals surface area contributed by atoms with Crippen LogP contribution in [0, 0.1) is 0 Å². The minimum absolute atomic E-state index is 0.109. The van der Waals surface area contributed by atoms with Gasteiger partial charge in [0.15, 0.2) is 6.10 Å². The molecule has 1 atom stereocenters. The fraction of sp³-hybridized carbons (Fsp3) is 0.130. The average molecular weight is 372 g/mol. The van der Waals surface area contributed by atoms with Crippen molar-refractivity contribution in [2.75, 3.05) is 5.32 Å². The van der Waals surface area contributed by atoms with Crippen LogP contribution in [0.25, 0.3) is 21.7 Å². The molecular formula is C23H20N2O3. The second-order valence-electron chi connectivity index (χ2n) is 6.72. The summed E-state index contributed by atoms with van der Waals surface area (Å²) < 4.78 is 5.33. The smallest absolute Gasteiger partial charge is 0.311 e. The van der Waals surface area contributed by atoms with Gasteiger partial charge in [-0.05, 0) is 41.5 Å². The molecule has 0 spiro atoms. The first kappa shape index (κ1) is 17.8. The number of aromatic amines is 1. The van der Waals surface area contributed by atoms with E-state index < -0.39 is 12.1 Å². The zero-order chi connectivity index (χ0) is 19.5. The molecule has 4 aromatic rings. The molecule has 2 N–H and O–H groups in total. The molecule has 0 aliphatic carbocycles. The number of carbonyl (C=O) groups excluding carboxylic acids is 2. The normalized spacial score (nSPS) is 12.0. The van der Waals surface area contributed by atoms with Gasteiger partial charge in [-0.1, -0.05) is 48.5 Å². The van der Waals surface area contributed by atoms with Crippen LogP contribution in [0.2, 0.25) is 0 Å². The topological polar surface area (TPSA) is 71.2 Å². The van der Waals surface area contributed by atoms with Crippen LogP contribution >= 0.6 is 0 Å². The zero-order valence-electron chi connectivity index (χ0n) is 15.4. The highest BCUT2D eigenvalue weighted by Gasteiger charge is 2.19. The molecule has 4 rings (SSSR count). The Kier molecular flexibility index (Phi) is 4.81. The van der Waals surface area contributed by atoms with Crippen LogP contribution in [0.1, 0.15) is 12.5 Å². The van der Waals surface area contributed by atoms with Gasteiger partial charge in [0.25, 0.3) is 5.91 Å². The minimum atomic E-state index is -0.885. The Balaban J connectivity index is 1.38. The predicted molar refractivity (Wildman–Crippen MR) is 110 cm³/mol. The number of hydrogen-bond acceptors (Lipinski definition) is 3.